The lowest BCUT2D eigenvalue weighted by Gasteiger charge is -2.21. The number of pyridine rings is 1. The Labute approximate surface area is 152 Å². The molecule has 0 bridgehead atoms. The van der Waals surface area contributed by atoms with Gasteiger partial charge in [0.2, 0.25) is 0 Å². The van der Waals surface area contributed by atoms with Crippen LogP contribution in [0.1, 0.15) is 32.7 Å². The van der Waals surface area contributed by atoms with Crippen molar-refractivity contribution in [3.05, 3.63) is 76.9 Å². The van der Waals surface area contributed by atoms with Gasteiger partial charge in [0.25, 0.3) is 5.91 Å². The number of rotatable bonds is 4. The zero-order valence-electron chi connectivity index (χ0n) is 14.7. The molecule has 0 atom stereocenters. The van der Waals surface area contributed by atoms with Crippen molar-refractivity contribution in [2.45, 2.75) is 26.4 Å². The number of hydrogen-bond acceptors (Lipinski definition) is 4. The standard InChI is InChI=1S/C20H21N5O/c1-14-19(18-7-8-21-9-15(18)10-22-14)12-23-20(26)16-11-24-25(13-16)17-5-3-2-4-6-17/h2-6,10-11,13,21H,7-9,12H2,1H3,(H,23,26). The maximum atomic E-state index is 12.5. The van der Waals surface area contributed by atoms with Crippen LogP contribution in [0.2, 0.25) is 0 Å². The Morgan fingerprint density at radius 3 is 2.96 bits per heavy atom. The van der Waals surface area contributed by atoms with E-state index >= 15 is 0 Å². The fraction of sp³-hybridized carbons (Fsp3) is 0.250. The number of nitrogens with zero attached hydrogens (tertiary/aromatic N) is 3. The minimum atomic E-state index is -0.127. The van der Waals surface area contributed by atoms with Crippen molar-refractivity contribution in [3.63, 3.8) is 0 Å². The van der Waals surface area contributed by atoms with E-state index in [1.807, 2.05) is 43.5 Å². The summed E-state index contributed by atoms with van der Waals surface area (Å²) in [5, 5.41) is 10.7. The second-order valence-corrected chi connectivity index (χ2v) is 6.44. The molecule has 1 aliphatic rings. The second-order valence-electron chi connectivity index (χ2n) is 6.44. The topological polar surface area (TPSA) is 71.8 Å². The summed E-state index contributed by atoms with van der Waals surface area (Å²) in [4.78, 5) is 17.0. The number of fused-ring (bicyclic) bond motifs is 1. The van der Waals surface area contributed by atoms with Gasteiger partial charge in [-0.25, -0.2) is 4.68 Å². The Kier molecular flexibility index (Phi) is 4.50. The molecule has 1 aromatic carbocycles. The Balaban J connectivity index is 1.49. The summed E-state index contributed by atoms with van der Waals surface area (Å²) >= 11 is 0. The monoisotopic (exact) mass is 347 g/mol. The van der Waals surface area contributed by atoms with Crippen molar-refractivity contribution in [1.29, 1.82) is 0 Å². The van der Waals surface area contributed by atoms with Gasteiger partial charge < -0.3 is 10.6 Å². The van der Waals surface area contributed by atoms with Crippen LogP contribution in [0.3, 0.4) is 0 Å². The molecule has 26 heavy (non-hydrogen) atoms. The highest BCUT2D eigenvalue weighted by Crippen LogP contribution is 2.20. The van der Waals surface area contributed by atoms with Crippen LogP contribution in [-0.2, 0) is 19.5 Å². The molecule has 2 N–H and O–H groups in total. The highest BCUT2D eigenvalue weighted by molar-refractivity contribution is 5.93. The van der Waals surface area contributed by atoms with Crippen molar-refractivity contribution in [2.75, 3.05) is 6.54 Å². The lowest BCUT2D eigenvalue weighted by atomic mass is 9.96. The molecule has 0 unspecified atom stereocenters. The Morgan fingerprint density at radius 2 is 2.12 bits per heavy atom. The van der Waals surface area contributed by atoms with Crippen molar-refractivity contribution >= 4 is 5.91 Å². The molecule has 2 aromatic heterocycles. The fourth-order valence-corrected chi connectivity index (χ4v) is 3.31. The van der Waals surface area contributed by atoms with Crippen molar-refractivity contribution in [1.82, 2.24) is 25.4 Å². The first kappa shape index (κ1) is 16.5. The molecule has 3 aromatic rings. The van der Waals surface area contributed by atoms with Crippen molar-refractivity contribution < 1.29 is 4.79 Å². The molecule has 6 heteroatoms. The van der Waals surface area contributed by atoms with Crippen LogP contribution < -0.4 is 10.6 Å². The molecule has 0 spiro atoms. The van der Waals surface area contributed by atoms with E-state index in [1.54, 1.807) is 17.1 Å². The van der Waals surface area contributed by atoms with Crippen LogP contribution >= 0.6 is 0 Å². The number of aryl methyl sites for hydroxylation is 1. The zero-order valence-corrected chi connectivity index (χ0v) is 14.7. The number of nitrogens with one attached hydrogen (secondary N) is 2. The summed E-state index contributed by atoms with van der Waals surface area (Å²) in [7, 11) is 0. The summed E-state index contributed by atoms with van der Waals surface area (Å²) in [6, 6.07) is 9.74. The molecular formula is C20H21N5O. The first-order valence-corrected chi connectivity index (χ1v) is 8.77. The first-order chi connectivity index (χ1) is 12.7. The molecule has 1 aliphatic heterocycles. The Morgan fingerprint density at radius 1 is 1.27 bits per heavy atom. The van der Waals surface area contributed by atoms with Crippen LogP contribution in [0.15, 0.2) is 48.9 Å². The summed E-state index contributed by atoms with van der Waals surface area (Å²) in [6.45, 7) is 4.28. The summed E-state index contributed by atoms with van der Waals surface area (Å²) in [6.07, 6.45) is 6.25. The number of carbonyl (C=O) groups excluding carboxylic acids is 1. The van der Waals surface area contributed by atoms with Gasteiger partial charge in [-0.3, -0.25) is 9.78 Å². The lowest BCUT2D eigenvalue weighted by molar-refractivity contribution is 0.0950. The van der Waals surface area contributed by atoms with Crippen LogP contribution in [0, 0.1) is 6.92 Å². The number of aromatic nitrogens is 3. The molecule has 132 valence electrons. The molecule has 0 aliphatic carbocycles. The number of carbonyl (C=O) groups is 1. The average Bonchev–Trinajstić information content (AvgIpc) is 3.18. The van der Waals surface area contributed by atoms with E-state index in [-0.39, 0.29) is 5.91 Å². The van der Waals surface area contributed by atoms with E-state index in [0.29, 0.717) is 12.1 Å². The number of para-hydroxylation sites is 1. The van der Waals surface area contributed by atoms with E-state index < -0.39 is 0 Å². The SMILES string of the molecule is Cc1ncc2c(c1CNC(=O)c1cnn(-c3ccccc3)c1)CCNC2. The molecule has 0 radical (unpaired) electrons. The van der Waals surface area contributed by atoms with Crippen LogP contribution in [-0.4, -0.2) is 27.2 Å². The first-order valence-electron chi connectivity index (χ1n) is 8.77. The van der Waals surface area contributed by atoms with Gasteiger partial charge in [0.05, 0.1) is 17.4 Å². The van der Waals surface area contributed by atoms with E-state index in [4.69, 9.17) is 0 Å². The maximum absolute atomic E-state index is 12.5. The highest BCUT2D eigenvalue weighted by Gasteiger charge is 2.17. The molecule has 0 saturated carbocycles. The van der Waals surface area contributed by atoms with Gasteiger partial charge in [-0.1, -0.05) is 18.2 Å². The van der Waals surface area contributed by atoms with Crippen molar-refractivity contribution in [2.24, 2.45) is 0 Å². The third kappa shape index (κ3) is 3.23. The van der Waals surface area contributed by atoms with Crippen LogP contribution in [0.5, 0.6) is 0 Å². The number of hydrogen-bond donors (Lipinski definition) is 2. The van der Waals surface area contributed by atoms with Gasteiger partial charge in [-0.05, 0) is 48.7 Å². The Hall–Kier alpha value is -2.99. The molecule has 0 saturated heterocycles. The summed E-state index contributed by atoms with van der Waals surface area (Å²) in [5.41, 5.74) is 6.13. The van der Waals surface area contributed by atoms with Crippen LogP contribution in [0.25, 0.3) is 5.69 Å². The minimum absolute atomic E-state index is 0.127. The maximum Gasteiger partial charge on any atom is 0.254 e. The lowest BCUT2D eigenvalue weighted by Crippen LogP contribution is -2.28. The predicted molar refractivity (Wildman–Crippen MR) is 99.1 cm³/mol. The molecule has 3 heterocycles. The van der Waals surface area contributed by atoms with Crippen molar-refractivity contribution in [3.8, 4) is 5.69 Å². The average molecular weight is 347 g/mol. The van der Waals surface area contributed by atoms with Gasteiger partial charge in [0.1, 0.15) is 0 Å². The van der Waals surface area contributed by atoms with Gasteiger partial charge in [-0.2, -0.15) is 5.10 Å². The highest BCUT2D eigenvalue weighted by atomic mass is 16.1. The van der Waals surface area contributed by atoms with Gasteiger partial charge in [0, 0.05) is 31.2 Å². The molecular weight excluding hydrogens is 326 g/mol. The quantitative estimate of drug-likeness (QED) is 0.759. The Bertz CT molecular complexity index is 933. The molecule has 1 amide bonds. The number of benzene rings is 1. The van der Waals surface area contributed by atoms with E-state index in [2.05, 4.69) is 20.7 Å². The number of amides is 1. The zero-order chi connectivity index (χ0) is 17.9. The van der Waals surface area contributed by atoms with E-state index in [1.165, 1.54) is 11.1 Å². The van der Waals surface area contributed by atoms with E-state index in [9.17, 15) is 4.79 Å². The summed E-state index contributed by atoms with van der Waals surface area (Å²) in [5.74, 6) is -0.127. The second kappa shape index (κ2) is 7.09. The van der Waals surface area contributed by atoms with Gasteiger partial charge in [-0.15, -0.1) is 0 Å². The molecule has 6 nitrogen and oxygen atoms in total. The normalized spacial score (nSPS) is 13.3. The van der Waals surface area contributed by atoms with Gasteiger partial charge in [0.15, 0.2) is 0 Å². The molecule has 4 rings (SSSR count). The van der Waals surface area contributed by atoms with E-state index in [0.717, 1.165) is 36.5 Å². The fourth-order valence-electron chi connectivity index (χ4n) is 3.31. The third-order valence-corrected chi connectivity index (χ3v) is 4.76. The molecule has 0 fully saturated rings. The van der Waals surface area contributed by atoms with Gasteiger partial charge >= 0.3 is 0 Å². The van der Waals surface area contributed by atoms with Crippen LogP contribution in [0.4, 0.5) is 0 Å². The minimum Gasteiger partial charge on any atom is -0.348 e. The smallest absolute Gasteiger partial charge is 0.254 e. The third-order valence-electron chi connectivity index (χ3n) is 4.76. The largest absolute Gasteiger partial charge is 0.348 e. The summed E-state index contributed by atoms with van der Waals surface area (Å²) < 4.78 is 1.71. The predicted octanol–water partition coefficient (Wildman–Crippen LogP) is 2.15.